The summed E-state index contributed by atoms with van der Waals surface area (Å²) in [6, 6.07) is 0.833. The maximum atomic E-state index is 13.7. The second kappa shape index (κ2) is 6.97. The minimum absolute atomic E-state index is 0.0312. The molecule has 0 radical (unpaired) electrons. The van der Waals surface area contributed by atoms with Crippen LogP contribution in [0, 0.1) is 5.82 Å². The average molecular weight is 406 g/mol. The van der Waals surface area contributed by atoms with E-state index in [1.54, 1.807) is 17.0 Å². The predicted octanol–water partition coefficient (Wildman–Crippen LogP) is 2.32. The van der Waals surface area contributed by atoms with Crippen LogP contribution in [0.3, 0.4) is 0 Å². The molecule has 0 fully saturated rings. The summed E-state index contributed by atoms with van der Waals surface area (Å²) in [5.74, 6) is 0.401. The third-order valence-electron chi connectivity index (χ3n) is 5.23. The molecular weight excluding hydrogens is 387 g/mol. The van der Waals surface area contributed by atoms with Crippen LogP contribution in [0.1, 0.15) is 36.7 Å². The van der Waals surface area contributed by atoms with Crippen molar-refractivity contribution in [2.45, 2.75) is 38.6 Å². The number of carbonyl (C=O) groups excluding carboxylic acids is 1. The molecule has 0 saturated heterocycles. The van der Waals surface area contributed by atoms with Crippen molar-refractivity contribution in [2.75, 3.05) is 5.32 Å². The fraction of sp³-hybridized carbons (Fsp3) is 0.300. The quantitative estimate of drug-likeness (QED) is 0.535. The molecule has 1 aliphatic carbocycles. The Bertz CT molecular complexity index is 1260. The Morgan fingerprint density at radius 1 is 1.27 bits per heavy atom. The van der Waals surface area contributed by atoms with Gasteiger partial charge in [-0.1, -0.05) is 13.8 Å². The lowest BCUT2D eigenvalue weighted by Crippen LogP contribution is -2.38. The van der Waals surface area contributed by atoms with Crippen molar-refractivity contribution in [1.82, 2.24) is 34.5 Å². The molecule has 0 aromatic carbocycles. The van der Waals surface area contributed by atoms with Crippen molar-refractivity contribution in [2.24, 2.45) is 0 Å². The van der Waals surface area contributed by atoms with Gasteiger partial charge in [-0.15, -0.1) is 0 Å². The van der Waals surface area contributed by atoms with E-state index in [4.69, 9.17) is 0 Å². The number of ketones is 1. The summed E-state index contributed by atoms with van der Waals surface area (Å²) >= 11 is 0. The molecule has 0 amide bonds. The molecule has 152 valence electrons. The number of carbonyl (C=O) groups is 1. The highest BCUT2D eigenvalue weighted by molar-refractivity contribution is 5.90. The van der Waals surface area contributed by atoms with Crippen LogP contribution in [0.2, 0.25) is 0 Å². The monoisotopic (exact) mass is 406 g/mol. The zero-order chi connectivity index (χ0) is 20.8. The second-order valence-electron chi connectivity index (χ2n) is 7.62. The number of anilines is 1. The Kier molecular flexibility index (Phi) is 4.27. The summed E-state index contributed by atoms with van der Waals surface area (Å²) in [4.78, 5) is 33.0. The number of aromatic amines is 1. The lowest BCUT2D eigenvalue weighted by molar-refractivity contribution is -0.119. The van der Waals surface area contributed by atoms with E-state index >= 15 is 0 Å². The maximum absolute atomic E-state index is 13.7. The van der Waals surface area contributed by atoms with Crippen molar-refractivity contribution in [3.63, 3.8) is 0 Å². The molecule has 1 unspecified atom stereocenters. The van der Waals surface area contributed by atoms with E-state index in [-0.39, 0.29) is 18.1 Å². The zero-order valence-corrected chi connectivity index (χ0v) is 16.4. The largest absolute Gasteiger partial charge is 0.348 e. The average Bonchev–Trinajstić information content (AvgIpc) is 3.34. The Hall–Kier alpha value is -3.69. The Morgan fingerprint density at radius 3 is 2.93 bits per heavy atom. The fourth-order valence-corrected chi connectivity index (χ4v) is 3.63. The van der Waals surface area contributed by atoms with E-state index < -0.39 is 11.9 Å². The molecule has 0 spiro atoms. The molecule has 1 atom stereocenters. The topological polar surface area (TPSA) is 114 Å². The Morgan fingerprint density at radius 2 is 2.13 bits per heavy atom. The number of nitrogens with zero attached hydrogens (tertiary/aromatic N) is 6. The van der Waals surface area contributed by atoms with Gasteiger partial charge in [0.05, 0.1) is 36.9 Å². The lowest BCUT2D eigenvalue weighted by atomic mass is 9.95. The van der Waals surface area contributed by atoms with Crippen LogP contribution in [0.5, 0.6) is 0 Å². The standard InChI is InChI=1S/C20H19FN8O/c1-10(2)13-8-25-29-19(13)27-18(11-3-12(21)7-22-6-11)28-20(29)26-16-4-14-15(5-17(16)30)24-9-23-14/h3,6-10,16H,4-5H2,1-2H3,(H,23,24)(H,26,27,28). The number of Topliss-reactive ketones (excluding diaryl/α,β-unsaturated/α-hetero) is 1. The summed E-state index contributed by atoms with van der Waals surface area (Å²) in [6.07, 6.45) is 6.69. The first kappa shape index (κ1) is 18.3. The summed E-state index contributed by atoms with van der Waals surface area (Å²) in [6.45, 7) is 4.08. The van der Waals surface area contributed by atoms with Crippen molar-refractivity contribution >= 4 is 17.4 Å². The lowest BCUT2D eigenvalue weighted by Gasteiger charge is -2.22. The van der Waals surface area contributed by atoms with Crippen molar-refractivity contribution in [3.05, 3.63) is 53.8 Å². The summed E-state index contributed by atoms with van der Waals surface area (Å²) in [5, 5.41) is 7.64. The normalized spacial score (nSPS) is 16.3. The van der Waals surface area contributed by atoms with Gasteiger partial charge in [0.1, 0.15) is 5.82 Å². The van der Waals surface area contributed by atoms with E-state index in [0.717, 1.165) is 23.1 Å². The smallest absolute Gasteiger partial charge is 0.228 e. The Labute approximate surface area is 170 Å². The van der Waals surface area contributed by atoms with Gasteiger partial charge in [0, 0.05) is 29.4 Å². The highest BCUT2D eigenvalue weighted by Gasteiger charge is 2.29. The molecule has 10 heteroatoms. The number of pyridine rings is 1. The zero-order valence-electron chi connectivity index (χ0n) is 16.4. The van der Waals surface area contributed by atoms with Crippen molar-refractivity contribution in [3.8, 4) is 11.4 Å². The molecular formula is C20H19FN8O. The van der Waals surface area contributed by atoms with Crippen LogP contribution in [-0.2, 0) is 17.6 Å². The molecule has 0 saturated carbocycles. The highest BCUT2D eigenvalue weighted by Crippen LogP contribution is 2.26. The number of rotatable bonds is 4. The van der Waals surface area contributed by atoms with Gasteiger partial charge in [0.15, 0.2) is 17.3 Å². The minimum Gasteiger partial charge on any atom is -0.348 e. The van der Waals surface area contributed by atoms with E-state index in [1.807, 2.05) is 13.8 Å². The first-order valence-corrected chi connectivity index (χ1v) is 9.66. The second-order valence-corrected chi connectivity index (χ2v) is 7.62. The number of fused-ring (bicyclic) bond motifs is 2. The van der Waals surface area contributed by atoms with Gasteiger partial charge in [0.25, 0.3) is 0 Å². The molecule has 30 heavy (non-hydrogen) atoms. The predicted molar refractivity (Wildman–Crippen MR) is 106 cm³/mol. The number of aromatic nitrogens is 7. The highest BCUT2D eigenvalue weighted by atomic mass is 19.1. The van der Waals surface area contributed by atoms with Crippen LogP contribution in [0.4, 0.5) is 10.3 Å². The molecule has 0 bridgehead atoms. The van der Waals surface area contributed by atoms with E-state index in [2.05, 4.69) is 35.3 Å². The molecule has 4 aromatic rings. The van der Waals surface area contributed by atoms with Crippen LogP contribution in [0.25, 0.3) is 17.0 Å². The van der Waals surface area contributed by atoms with Gasteiger partial charge >= 0.3 is 0 Å². The van der Waals surface area contributed by atoms with Gasteiger partial charge in [0.2, 0.25) is 5.95 Å². The maximum Gasteiger partial charge on any atom is 0.228 e. The molecule has 4 heterocycles. The number of H-pyrrole nitrogens is 1. The van der Waals surface area contributed by atoms with Gasteiger partial charge in [-0.05, 0) is 12.0 Å². The van der Waals surface area contributed by atoms with Crippen LogP contribution in [0.15, 0.2) is 31.0 Å². The van der Waals surface area contributed by atoms with Crippen LogP contribution in [-0.4, -0.2) is 46.4 Å². The van der Waals surface area contributed by atoms with Gasteiger partial charge in [-0.3, -0.25) is 9.78 Å². The van der Waals surface area contributed by atoms with Crippen molar-refractivity contribution < 1.29 is 9.18 Å². The van der Waals surface area contributed by atoms with Gasteiger partial charge in [-0.2, -0.15) is 14.6 Å². The number of imidazole rings is 1. The van der Waals surface area contributed by atoms with E-state index in [9.17, 15) is 9.18 Å². The van der Waals surface area contributed by atoms with Crippen LogP contribution >= 0.6 is 0 Å². The number of nitrogens with one attached hydrogen (secondary N) is 2. The summed E-state index contributed by atoms with van der Waals surface area (Å²) in [7, 11) is 0. The Balaban J connectivity index is 1.61. The van der Waals surface area contributed by atoms with Crippen LogP contribution < -0.4 is 5.32 Å². The summed E-state index contributed by atoms with van der Waals surface area (Å²) < 4.78 is 15.3. The first-order chi connectivity index (χ1) is 14.5. The molecule has 0 aliphatic heterocycles. The number of hydrogen-bond donors (Lipinski definition) is 2. The molecule has 4 aromatic heterocycles. The SMILES string of the molecule is CC(C)c1cnn2c(NC3Cc4nc[nH]c4CC3=O)nc(-c3cncc(F)c3)nc12. The first-order valence-electron chi connectivity index (χ1n) is 9.66. The molecule has 1 aliphatic rings. The number of halogens is 1. The van der Waals surface area contributed by atoms with Gasteiger partial charge in [-0.25, -0.2) is 14.4 Å². The van der Waals surface area contributed by atoms with Crippen molar-refractivity contribution in [1.29, 1.82) is 0 Å². The van der Waals surface area contributed by atoms with E-state index in [0.29, 0.717) is 29.4 Å². The molecule has 9 nitrogen and oxygen atoms in total. The van der Waals surface area contributed by atoms with Gasteiger partial charge < -0.3 is 10.3 Å². The molecule has 2 N–H and O–H groups in total. The number of hydrogen-bond acceptors (Lipinski definition) is 7. The third kappa shape index (κ3) is 3.10. The van der Waals surface area contributed by atoms with E-state index in [1.165, 1.54) is 12.3 Å². The molecule has 5 rings (SSSR count). The minimum atomic E-state index is -0.496. The fourth-order valence-electron chi connectivity index (χ4n) is 3.63. The third-order valence-corrected chi connectivity index (χ3v) is 5.23. The summed E-state index contributed by atoms with van der Waals surface area (Å²) in [5.41, 5.74) is 3.68.